The minimum absolute atomic E-state index is 0.0958. The lowest BCUT2D eigenvalue weighted by Gasteiger charge is -2.37. The first kappa shape index (κ1) is 25.1. The number of amides is 1. The molecule has 0 bridgehead atoms. The molecule has 1 aliphatic heterocycles. The Bertz CT molecular complexity index is 1330. The number of benzene rings is 2. The first-order chi connectivity index (χ1) is 18.0. The third kappa shape index (κ3) is 4.76. The second-order valence-electron chi connectivity index (χ2n) is 10.0. The molecule has 7 nitrogen and oxygen atoms in total. The fraction of sp³-hybridized carbons (Fsp3) is 0.448. The molecule has 3 aromatic rings. The van der Waals surface area contributed by atoms with Gasteiger partial charge in [-0.1, -0.05) is 37.6 Å². The molecular formula is C29H32FN5O2. The Balaban J connectivity index is 1.44. The molecule has 192 valence electrons. The average molecular weight is 502 g/mol. The van der Waals surface area contributed by atoms with E-state index in [1.807, 2.05) is 6.07 Å². The van der Waals surface area contributed by atoms with Crippen LogP contribution in [0.3, 0.4) is 0 Å². The van der Waals surface area contributed by atoms with Crippen LogP contribution in [0.1, 0.15) is 83.4 Å². The molecule has 0 unspecified atom stereocenters. The van der Waals surface area contributed by atoms with Crippen LogP contribution in [0.15, 0.2) is 36.4 Å². The first-order valence-electron chi connectivity index (χ1n) is 13.0. The van der Waals surface area contributed by atoms with Crippen molar-refractivity contribution in [3.63, 3.8) is 0 Å². The summed E-state index contributed by atoms with van der Waals surface area (Å²) in [6, 6.07) is 13.0. The molecule has 8 heteroatoms. The number of H-pyrrole nitrogens is 1. The lowest BCUT2D eigenvalue weighted by Crippen LogP contribution is -2.43. The SMILES string of the molecule is CCc1cc(C2CCC2)c(-c2n[nH]c(COC)n2)cc1C(=O)N1CCC(F)(c2ccccc2C#N)CC1. The molecule has 1 saturated heterocycles. The number of carbonyl (C=O) groups excluding carboxylic acids is 1. The van der Waals surface area contributed by atoms with Crippen LogP contribution in [0, 0.1) is 11.3 Å². The van der Waals surface area contributed by atoms with Crippen LogP contribution in [-0.4, -0.2) is 46.2 Å². The maximum Gasteiger partial charge on any atom is 0.254 e. The van der Waals surface area contributed by atoms with Gasteiger partial charge in [-0.05, 0) is 48.4 Å². The molecule has 1 saturated carbocycles. The molecule has 1 aromatic heterocycles. The summed E-state index contributed by atoms with van der Waals surface area (Å²) in [5.41, 5.74) is 2.85. The fourth-order valence-corrected chi connectivity index (χ4v) is 5.50. The first-order valence-corrected chi connectivity index (χ1v) is 13.0. The number of piperidine rings is 1. The number of methoxy groups -OCH3 is 1. The lowest BCUT2D eigenvalue weighted by molar-refractivity contribution is 0.0419. The number of halogens is 1. The average Bonchev–Trinajstić information content (AvgIpc) is 3.36. The number of aromatic amines is 1. The third-order valence-electron chi connectivity index (χ3n) is 7.86. The molecule has 0 spiro atoms. The molecule has 37 heavy (non-hydrogen) atoms. The Morgan fingerprint density at radius 3 is 2.68 bits per heavy atom. The number of nitrogens with zero attached hydrogens (tertiary/aromatic N) is 4. The molecule has 2 aromatic carbocycles. The highest BCUT2D eigenvalue weighted by molar-refractivity contribution is 5.97. The zero-order valence-electron chi connectivity index (χ0n) is 21.4. The number of aromatic nitrogens is 3. The highest BCUT2D eigenvalue weighted by atomic mass is 19.1. The highest BCUT2D eigenvalue weighted by Gasteiger charge is 2.39. The van der Waals surface area contributed by atoms with E-state index in [2.05, 4.69) is 34.2 Å². The number of likely N-dealkylation sites (tertiary alicyclic amines) is 1. The van der Waals surface area contributed by atoms with Crippen molar-refractivity contribution < 1.29 is 13.9 Å². The van der Waals surface area contributed by atoms with Gasteiger partial charge in [0.2, 0.25) is 0 Å². The molecule has 1 aliphatic carbocycles. The van der Waals surface area contributed by atoms with Gasteiger partial charge >= 0.3 is 0 Å². The minimum atomic E-state index is -1.62. The predicted octanol–water partition coefficient (Wildman–Crippen LogP) is 5.42. The number of hydrogen-bond acceptors (Lipinski definition) is 5. The number of ether oxygens (including phenoxy) is 1. The highest BCUT2D eigenvalue weighted by Crippen LogP contribution is 2.43. The van der Waals surface area contributed by atoms with Crippen molar-refractivity contribution >= 4 is 5.91 Å². The van der Waals surface area contributed by atoms with Gasteiger partial charge in [0.25, 0.3) is 5.91 Å². The Morgan fingerprint density at radius 1 is 1.27 bits per heavy atom. The molecule has 2 heterocycles. The Kier molecular flexibility index (Phi) is 7.07. The van der Waals surface area contributed by atoms with E-state index in [0.29, 0.717) is 40.9 Å². The minimum Gasteiger partial charge on any atom is -0.377 e. The van der Waals surface area contributed by atoms with E-state index in [9.17, 15) is 10.1 Å². The molecule has 1 amide bonds. The zero-order chi connectivity index (χ0) is 26.0. The van der Waals surface area contributed by atoms with E-state index in [1.54, 1.807) is 36.3 Å². The quantitative estimate of drug-likeness (QED) is 0.466. The van der Waals surface area contributed by atoms with Gasteiger partial charge in [-0.15, -0.1) is 0 Å². The second-order valence-corrected chi connectivity index (χ2v) is 10.0. The monoisotopic (exact) mass is 501 g/mol. The van der Waals surface area contributed by atoms with Crippen molar-refractivity contribution in [1.29, 1.82) is 5.26 Å². The molecule has 2 aliphatic rings. The molecule has 2 fully saturated rings. The van der Waals surface area contributed by atoms with Crippen molar-refractivity contribution in [2.24, 2.45) is 0 Å². The van der Waals surface area contributed by atoms with Crippen LogP contribution in [-0.2, 0) is 23.4 Å². The molecule has 0 atom stereocenters. The largest absolute Gasteiger partial charge is 0.377 e. The van der Waals surface area contributed by atoms with Gasteiger partial charge in [0.05, 0.1) is 11.6 Å². The third-order valence-corrected chi connectivity index (χ3v) is 7.86. The lowest BCUT2D eigenvalue weighted by atomic mass is 9.76. The van der Waals surface area contributed by atoms with Crippen molar-refractivity contribution in [1.82, 2.24) is 20.1 Å². The summed E-state index contributed by atoms with van der Waals surface area (Å²) in [5, 5.41) is 16.8. The second kappa shape index (κ2) is 10.4. The number of alkyl halides is 1. The number of nitrogens with one attached hydrogen (secondary N) is 1. The summed E-state index contributed by atoms with van der Waals surface area (Å²) in [7, 11) is 1.61. The molecule has 1 N–H and O–H groups in total. The van der Waals surface area contributed by atoms with Crippen LogP contribution in [0.5, 0.6) is 0 Å². The summed E-state index contributed by atoms with van der Waals surface area (Å²) in [6.45, 7) is 2.97. The maximum atomic E-state index is 16.0. The standard InChI is InChI=1S/C29H32FN5O2/c1-3-19-15-22(20-8-6-9-20)24(27-32-26(18-37-2)33-34-27)16-23(19)28(36)35-13-11-29(30,12-14-35)25-10-5-4-7-21(25)17-31/h4-5,7,10,15-16,20H,3,6,8-9,11-14,18H2,1-2H3,(H,32,33,34). The van der Waals surface area contributed by atoms with Crippen LogP contribution in [0.4, 0.5) is 4.39 Å². The summed E-state index contributed by atoms with van der Waals surface area (Å²) in [6.07, 6.45) is 4.48. The zero-order valence-corrected chi connectivity index (χ0v) is 21.4. The van der Waals surface area contributed by atoms with Crippen LogP contribution >= 0.6 is 0 Å². The maximum absolute atomic E-state index is 16.0. The topological polar surface area (TPSA) is 94.9 Å². The van der Waals surface area contributed by atoms with Crippen molar-refractivity contribution in [2.75, 3.05) is 20.2 Å². The van der Waals surface area contributed by atoms with Crippen LogP contribution in [0.2, 0.25) is 0 Å². The van der Waals surface area contributed by atoms with Crippen molar-refractivity contribution in [3.05, 3.63) is 70.0 Å². The summed E-state index contributed by atoms with van der Waals surface area (Å²) in [4.78, 5) is 20.1. The normalized spacial score (nSPS) is 17.3. The molecular weight excluding hydrogens is 469 g/mol. The van der Waals surface area contributed by atoms with Crippen molar-refractivity contribution in [2.45, 2.75) is 63.6 Å². The number of carbonyl (C=O) groups is 1. The van der Waals surface area contributed by atoms with Gasteiger partial charge in [0.1, 0.15) is 12.3 Å². The number of aryl methyl sites for hydroxylation is 1. The van der Waals surface area contributed by atoms with Gasteiger partial charge < -0.3 is 9.64 Å². The van der Waals surface area contributed by atoms with E-state index in [4.69, 9.17) is 4.74 Å². The van der Waals surface area contributed by atoms with E-state index in [1.165, 1.54) is 12.0 Å². The van der Waals surface area contributed by atoms with Gasteiger partial charge in [0.15, 0.2) is 11.6 Å². The number of rotatable bonds is 7. The van der Waals surface area contributed by atoms with Gasteiger partial charge in [-0.2, -0.15) is 10.4 Å². The fourth-order valence-electron chi connectivity index (χ4n) is 5.50. The van der Waals surface area contributed by atoms with Gasteiger partial charge in [-0.3, -0.25) is 9.89 Å². The van der Waals surface area contributed by atoms with E-state index in [0.717, 1.165) is 30.4 Å². The van der Waals surface area contributed by atoms with Crippen LogP contribution in [0.25, 0.3) is 11.4 Å². The van der Waals surface area contributed by atoms with E-state index in [-0.39, 0.29) is 31.8 Å². The molecule has 0 radical (unpaired) electrons. The summed E-state index contributed by atoms with van der Waals surface area (Å²) < 4.78 is 21.1. The van der Waals surface area contributed by atoms with E-state index < -0.39 is 5.67 Å². The smallest absolute Gasteiger partial charge is 0.254 e. The van der Waals surface area contributed by atoms with Gasteiger partial charge in [0, 0.05) is 49.7 Å². The molecule has 5 rings (SSSR count). The van der Waals surface area contributed by atoms with Gasteiger partial charge in [-0.25, -0.2) is 9.37 Å². The Labute approximate surface area is 216 Å². The predicted molar refractivity (Wildman–Crippen MR) is 138 cm³/mol. The Hall–Kier alpha value is -3.57. The number of hydrogen-bond donors (Lipinski definition) is 1. The number of nitriles is 1. The summed E-state index contributed by atoms with van der Waals surface area (Å²) in [5.74, 6) is 1.55. The Morgan fingerprint density at radius 2 is 2.03 bits per heavy atom. The summed E-state index contributed by atoms with van der Waals surface area (Å²) >= 11 is 0. The van der Waals surface area contributed by atoms with E-state index >= 15 is 4.39 Å². The van der Waals surface area contributed by atoms with Crippen molar-refractivity contribution in [3.8, 4) is 17.5 Å². The van der Waals surface area contributed by atoms with Crippen LogP contribution < -0.4 is 0 Å².